The van der Waals surface area contributed by atoms with Gasteiger partial charge < -0.3 is 19.1 Å². The standard InChI is InChI=1S/C25H33FN3O9P/c1-16(2)9-8-14-35-22(32)17(3)28-39(34,38-18-10-6-5-7-11-18)36-15-19-21(31)25(4,26)23(37-19)29-13-12-20(30)27-24(29)33/h5-7,10-13,17,19,21,23,31H,1,8-9,14-15H2,2-4H3,(H,28,34)(H,27,30,33)/t17?,19-,21-,23-,25-,39?/m1/s1. The zero-order valence-corrected chi connectivity index (χ0v) is 22.8. The van der Waals surface area contributed by atoms with Crippen LogP contribution in [0.1, 0.15) is 39.8 Å². The molecule has 0 saturated carbocycles. The Kier molecular flexibility index (Phi) is 10.0. The zero-order chi connectivity index (χ0) is 28.8. The number of aromatic amines is 1. The summed E-state index contributed by atoms with van der Waals surface area (Å²) in [5.74, 6) is -0.556. The molecule has 0 amide bonds. The number of H-pyrrole nitrogens is 1. The fourth-order valence-corrected chi connectivity index (χ4v) is 5.31. The van der Waals surface area contributed by atoms with E-state index in [9.17, 15) is 24.1 Å². The number of aliphatic hydroxyl groups is 1. The molecule has 214 valence electrons. The number of nitrogens with one attached hydrogen (secondary N) is 2. The van der Waals surface area contributed by atoms with Crippen molar-refractivity contribution in [2.75, 3.05) is 13.2 Å². The number of esters is 1. The van der Waals surface area contributed by atoms with Crippen molar-refractivity contribution in [2.24, 2.45) is 0 Å². The first-order valence-electron chi connectivity index (χ1n) is 12.2. The Morgan fingerprint density at radius 1 is 1.33 bits per heavy atom. The number of carbonyl (C=O) groups is 1. The number of allylic oxidation sites excluding steroid dienone is 1. The summed E-state index contributed by atoms with van der Waals surface area (Å²) in [6.07, 6.45) is -2.56. The molecular weight excluding hydrogens is 536 g/mol. The Morgan fingerprint density at radius 3 is 2.67 bits per heavy atom. The highest BCUT2D eigenvalue weighted by Gasteiger charge is 2.55. The molecule has 3 rings (SSSR count). The Morgan fingerprint density at radius 2 is 2.03 bits per heavy atom. The normalized spacial score (nSPS) is 25.0. The van der Waals surface area contributed by atoms with Gasteiger partial charge in [-0.15, -0.1) is 6.58 Å². The Labute approximate surface area is 224 Å². The highest BCUT2D eigenvalue weighted by molar-refractivity contribution is 7.52. The van der Waals surface area contributed by atoms with Gasteiger partial charge in [-0.05, 0) is 45.7 Å². The van der Waals surface area contributed by atoms with Crippen LogP contribution in [0.4, 0.5) is 4.39 Å². The van der Waals surface area contributed by atoms with Crippen molar-refractivity contribution in [1.82, 2.24) is 14.6 Å². The van der Waals surface area contributed by atoms with Crippen molar-refractivity contribution in [3.63, 3.8) is 0 Å². The van der Waals surface area contributed by atoms with Crippen LogP contribution in [-0.2, 0) is 23.4 Å². The minimum absolute atomic E-state index is 0.130. The van der Waals surface area contributed by atoms with E-state index in [-0.39, 0.29) is 12.4 Å². The lowest BCUT2D eigenvalue weighted by Crippen LogP contribution is -2.43. The van der Waals surface area contributed by atoms with Crippen LogP contribution in [0.5, 0.6) is 5.75 Å². The Balaban J connectivity index is 1.73. The minimum Gasteiger partial charge on any atom is -0.465 e. The first-order valence-corrected chi connectivity index (χ1v) is 13.8. The van der Waals surface area contributed by atoms with Crippen LogP contribution in [0, 0.1) is 0 Å². The number of carbonyl (C=O) groups excluding carboxylic acids is 1. The van der Waals surface area contributed by atoms with E-state index < -0.39 is 61.7 Å². The molecule has 12 nitrogen and oxygen atoms in total. The van der Waals surface area contributed by atoms with E-state index in [1.165, 1.54) is 19.1 Å². The van der Waals surface area contributed by atoms with Crippen LogP contribution >= 0.6 is 7.75 Å². The molecule has 1 aliphatic heterocycles. The number of rotatable bonds is 13. The van der Waals surface area contributed by atoms with Gasteiger partial charge >= 0.3 is 19.4 Å². The molecule has 14 heteroatoms. The molecule has 2 heterocycles. The maximum atomic E-state index is 15.5. The predicted octanol–water partition coefficient (Wildman–Crippen LogP) is 2.60. The fraction of sp³-hybridized carbons (Fsp3) is 0.480. The molecule has 2 aromatic rings. The van der Waals surface area contributed by atoms with Crippen molar-refractivity contribution in [3.05, 3.63) is 75.6 Å². The molecule has 1 saturated heterocycles. The molecular formula is C25H33FN3O9P. The van der Waals surface area contributed by atoms with Gasteiger partial charge in [0.05, 0.1) is 13.2 Å². The third kappa shape index (κ3) is 7.96. The second kappa shape index (κ2) is 12.8. The molecule has 0 bridgehead atoms. The van der Waals surface area contributed by atoms with E-state index in [1.54, 1.807) is 18.2 Å². The Hall–Kier alpha value is -3.09. The summed E-state index contributed by atoms with van der Waals surface area (Å²) < 4.78 is 51.8. The van der Waals surface area contributed by atoms with Crippen LogP contribution in [0.15, 0.2) is 64.3 Å². The third-order valence-electron chi connectivity index (χ3n) is 5.90. The van der Waals surface area contributed by atoms with E-state index in [0.29, 0.717) is 12.8 Å². The van der Waals surface area contributed by atoms with Gasteiger partial charge in [0, 0.05) is 12.3 Å². The highest BCUT2D eigenvalue weighted by atomic mass is 31.2. The second-order valence-electron chi connectivity index (χ2n) is 9.42. The summed E-state index contributed by atoms with van der Waals surface area (Å²) in [6.45, 7) is 7.55. The zero-order valence-electron chi connectivity index (χ0n) is 21.9. The molecule has 39 heavy (non-hydrogen) atoms. The average molecular weight is 570 g/mol. The van der Waals surface area contributed by atoms with Crippen LogP contribution in [-0.4, -0.2) is 57.8 Å². The SMILES string of the molecule is C=C(C)CCCOC(=O)C(C)NP(=O)(OC[C@H]1O[C@@H](n2ccc(=O)[nH]c2=O)[C@](C)(F)[C@@H]1O)Oc1ccccc1. The van der Waals surface area contributed by atoms with Crippen LogP contribution in [0.2, 0.25) is 0 Å². The van der Waals surface area contributed by atoms with Crippen molar-refractivity contribution < 1.29 is 37.4 Å². The summed E-state index contributed by atoms with van der Waals surface area (Å²) in [7, 11) is -4.33. The minimum atomic E-state index is -4.33. The maximum Gasteiger partial charge on any atom is 0.459 e. The number of alkyl halides is 1. The molecule has 3 N–H and O–H groups in total. The van der Waals surface area contributed by atoms with Gasteiger partial charge in [0.25, 0.3) is 5.56 Å². The van der Waals surface area contributed by atoms with Crippen molar-refractivity contribution in [3.8, 4) is 5.75 Å². The number of benzene rings is 1. The van der Waals surface area contributed by atoms with Crippen LogP contribution in [0.3, 0.4) is 0 Å². The highest BCUT2D eigenvalue weighted by Crippen LogP contribution is 2.47. The number of nitrogens with zero attached hydrogens (tertiary/aromatic N) is 1. The predicted molar refractivity (Wildman–Crippen MR) is 139 cm³/mol. The molecule has 1 fully saturated rings. The summed E-state index contributed by atoms with van der Waals surface area (Å²) >= 11 is 0. The van der Waals surface area contributed by atoms with E-state index in [1.807, 2.05) is 11.9 Å². The van der Waals surface area contributed by atoms with Gasteiger partial charge in [-0.1, -0.05) is 23.8 Å². The van der Waals surface area contributed by atoms with Gasteiger partial charge in [-0.25, -0.2) is 13.8 Å². The summed E-state index contributed by atoms with van der Waals surface area (Å²) in [6, 6.07) is 7.86. The van der Waals surface area contributed by atoms with Gasteiger partial charge in [0.1, 0.15) is 24.0 Å². The number of hydrogen-bond acceptors (Lipinski definition) is 9. The van der Waals surface area contributed by atoms with Gasteiger partial charge in [0.2, 0.25) is 0 Å². The van der Waals surface area contributed by atoms with Crippen LogP contribution in [0.25, 0.3) is 0 Å². The second-order valence-corrected chi connectivity index (χ2v) is 11.1. The number of hydrogen-bond donors (Lipinski definition) is 3. The number of aliphatic hydroxyl groups excluding tert-OH is 1. The summed E-state index contributed by atoms with van der Waals surface area (Å²) in [5.41, 5.74) is -3.18. The van der Waals surface area contributed by atoms with Crippen molar-refractivity contribution in [1.29, 1.82) is 0 Å². The van der Waals surface area contributed by atoms with E-state index in [0.717, 1.165) is 29.3 Å². The average Bonchev–Trinajstić information content (AvgIpc) is 3.09. The molecule has 2 unspecified atom stereocenters. The largest absolute Gasteiger partial charge is 0.465 e. The fourth-order valence-electron chi connectivity index (χ4n) is 3.81. The first kappa shape index (κ1) is 30.5. The Bertz CT molecular complexity index is 1310. The maximum absolute atomic E-state index is 15.5. The number of aromatic nitrogens is 2. The quantitative estimate of drug-likeness (QED) is 0.142. The monoisotopic (exact) mass is 569 g/mol. The third-order valence-corrected chi connectivity index (χ3v) is 7.54. The lowest BCUT2D eigenvalue weighted by molar-refractivity contribution is -0.145. The van der Waals surface area contributed by atoms with Gasteiger partial charge in [-0.2, -0.15) is 5.09 Å². The first-order chi connectivity index (χ1) is 18.3. The van der Waals surface area contributed by atoms with Crippen molar-refractivity contribution in [2.45, 2.75) is 63.8 Å². The molecule has 1 aliphatic rings. The molecule has 0 spiro atoms. The topological polar surface area (TPSA) is 158 Å². The summed E-state index contributed by atoms with van der Waals surface area (Å²) in [5, 5.41) is 13.1. The van der Waals surface area contributed by atoms with E-state index in [4.69, 9.17) is 18.5 Å². The summed E-state index contributed by atoms with van der Waals surface area (Å²) in [4.78, 5) is 38.0. The smallest absolute Gasteiger partial charge is 0.459 e. The lowest BCUT2D eigenvalue weighted by atomic mass is 9.98. The van der Waals surface area contributed by atoms with E-state index in [2.05, 4.69) is 11.7 Å². The number of ether oxygens (including phenoxy) is 2. The molecule has 1 aromatic carbocycles. The van der Waals surface area contributed by atoms with Gasteiger partial charge in [-0.3, -0.25) is 23.7 Å². The molecule has 0 radical (unpaired) electrons. The lowest BCUT2D eigenvalue weighted by Gasteiger charge is -2.25. The van der Waals surface area contributed by atoms with Crippen LogP contribution < -0.4 is 20.9 Å². The number of para-hydroxylation sites is 1. The molecule has 0 aliphatic carbocycles. The van der Waals surface area contributed by atoms with Crippen molar-refractivity contribution >= 4 is 13.7 Å². The number of halogens is 1. The van der Waals surface area contributed by atoms with Gasteiger partial charge in [0.15, 0.2) is 11.9 Å². The van der Waals surface area contributed by atoms with E-state index >= 15 is 4.39 Å². The molecule has 1 aromatic heterocycles. The molecule has 6 atom stereocenters.